The Morgan fingerprint density at radius 3 is 0.813 bits per heavy atom. The van der Waals surface area contributed by atoms with Gasteiger partial charge in [0.25, 0.3) is 0 Å². The summed E-state index contributed by atoms with van der Waals surface area (Å²) in [5.41, 5.74) is 0. The van der Waals surface area contributed by atoms with Gasteiger partial charge in [-0.1, -0.05) is 326 Å². The van der Waals surface area contributed by atoms with E-state index in [9.17, 15) is 14.4 Å². The zero-order chi connectivity index (χ0) is 54.3. The summed E-state index contributed by atoms with van der Waals surface area (Å²) in [5, 5.41) is 0. The molecule has 0 rings (SSSR count). The second-order valence-corrected chi connectivity index (χ2v) is 22.4. The third kappa shape index (κ3) is 62.1. The molecule has 0 radical (unpaired) electrons. The fourth-order valence-electron chi connectivity index (χ4n) is 9.91. The number of carbonyl (C=O) groups excluding carboxylic acids is 3. The Morgan fingerprint density at radius 2 is 0.520 bits per heavy atom. The highest BCUT2D eigenvalue weighted by Crippen LogP contribution is 2.18. The Morgan fingerprint density at radius 1 is 0.280 bits per heavy atom. The Kier molecular flexibility index (Phi) is 61.7. The second-order valence-electron chi connectivity index (χ2n) is 22.4. The third-order valence-corrected chi connectivity index (χ3v) is 14.8. The molecular formula is C69H126O6. The molecule has 75 heavy (non-hydrogen) atoms. The SMILES string of the molecule is CC/C=C\C/C=C\C/C=C\C/C=C\CCCCCCCCC(=O)OCC(COC(=O)CCCCCCCCCCCCCCCCCCCCC)OC(=O)CCCCCCCCCCCCCCCCCCCCC. The molecule has 0 aliphatic heterocycles. The summed E-state index contributed by atoms with van der Waals surface area (Å²) in [6, 6.07) is 0. The van der Waals surface area contributed by atoms with Gasteiger partial charge in [0.05, 0.1) is 0 Å². The lowest BCUT2D eigenvalue weighted by atomic mass is 10.0. The highest BCUT2D eigenvalue weighted by molar-refractivity contribution is 5.71. The van der Waals surface area contributed by atoms with Gasteiger partial charge in [-0.05, 0) is 57.8 Å². The normalized spacial score (nSPS) is 12.3. The summed E-state index contributed by atoms with van der Waals surface area (Å²) in [4.78, 5) is 38.4. The van der Waals surface area contributed by atoms with Crippen LogP contribution in [-0.2, 0) is 28.6 Å². The van der Waals surface area contributed by atoms with E-state index in [1.165, 1.54) is 225 Å². The highest BCUT2D eigenvalue weighted by atomic mass is 16.6. The lowest BCUT2D eigenvalue weighted by molar-refractivity contribution is -0.167. The molecule has 0 aromatic rings. The van der Waals surface area contributed by atoms with Crippen LogP contribution in [0.15, 0.2) is 48.6 Å². The minimum Gasteiger partial charge on any atom is -0.462 e. The minimum absolute atomic E-state index is 0.0723. The predicted octanol–water partition coefficient (Wildman–Crippen LogP) is 22.6. The van der Waals surface area contributed by atoms with Crippen LogP contribution in [0, 0.1) is 0 Å². The molecule has 6 nitrogen and oxygen atoms in total. The van der Waals surface area contributed by atoms with E-state index in [4.69, 9.17) is 14.2 Å². The molecule has 0 aliphatic carbocycles. The molecule has 0 heterocycles. The molecule has 0 amide bonds. The van der Waals surface area contributed by atoms with Crippen LogP contribution >= 0.6 is 0 Å². The molecule has 438 valence electrons. The van der Waals surface area contributed by atoms with E-state index in [0.29, 0.717) is 19.3 Å². The lowest BCUT2D eigenvalue weighted by Gasteiger charge is -2.18. The number of unbranched alkanes of at least 4 members (excludes halogenated alkanes) is 42. The maximum Gasteiger partial charge on any atom is 0.306 e. The topological polar surface area (TPSA) is 78.9 Å². The third-order valence-electron chi connectivity index (χ3n) is 14.8. The Labute approximate surface area is 467 Å². The average molecular weight is 1050 g/mol. The highest BCUT2D eigenvalue weighted by Gasteiger charge is 2.19. The summed E-state index contributed by atoms with van der Waals surface area (Å²) >= 11 is 0. The molecule has 0 aliphatic rings. The van der Waals surface area contributed by atoms with Crippen LogP contribution in [0.25, 0.3) is 0 Å². The number of hydrogen-bond donors (Lipinski definition) is 0. The molecular weight excluding hydrogens is 925 g/mol. The molecule has 0 fully saturated rings. The number of ether oxygens (including phenoxy) is 3. The van der Waals surface area contributed by atoms with Gasteiger partial charge < -0.3 is 14.2 Å². The van der Waals surface area contributed by atoms with Crippen molar-refractivity contribution in [1.82, 2.24) is 0 Å². The van der Waals surface area contributed by atoms with Gasteiger partial charge in [-0.25, -0.2) is 0 Å². The molecule has 0 saturated heterocycles. The summed E-state index contributed by atoms with van der Waals surface area (Å²) < 4.78 is 17.0. The molecule has 0 saturated carbocycles. The van der Waals surface area contributed by atoms with Crippen LogP contribution in [0.1, 0.15) is 355 Å². The zero-order valence-electron chi connectivity index (χ0n) is 50.3. The summed E-state index contributed by atoms with van der Waals surface area (Å²) in [6.07, 6.45) is 79.7. The van der Waals surface area contributed by atoms with Gasteiger partial charge in [0.1, 0.15) is 13.2 Å². The zero-order valence-corrected chi connectivity index (χ0v) is 50.3. The molecule has 0 aromatic heterocycles. The van der Waals surface area contributed by atoms with E-state index in [1.54, 1.807) is 0 Å². The van der Waals surface area contributed by atoms with Crippen molar-refractivity contribution in [3.63, 3.8) is 0 Å². The monoisotopic (exact) mass is 1050 g/mol. The van der Waals surface area contributed by atoms with E-state index in [2.05, 4.69) is 69.4 Å². The van der Waals surface area contributed by atoms with Gasteiger partial charge in [-0.3, -0.25) is 14.4 Å². The largest absolute Gasteiger partial charge is 0.462 e. The Balaban J connectivity index is 4.35. The average Bonchev–Trinajstić information content (AvgIpc) is 3.41. The van der Waals surface area contributed by atoms with Crippen molar-refractivity contribution < 1.29 is 28.6 Å². The summed E-state index contributed by atoms with van der Waals surface area (Å²) in [6.45, 7) is 6.59. The Hall–Kier alpha value is -2.63. The molecule has 0 bridgehead atoms. The van der Waals surface area contributed by atoms with E-state index in [-0.39, 0.29) is 31.1 Å². The van der Waals surface area contributed by atoms with Crippen molar-refractivity contribution in [3.05, 3.63) is 48.6 Å². The molecule has 0 aromatic carbocycles. The van der Waals surface area contributed by atoms with Crippen molar-refractivity contribution in [2.24, 2.45) is 0 Å². The number of allylic oxidation sites excluding steroid dienone is 8. The van der Waals surface area contributed by atoms with Crippen molar-refractivity contribution in [2.45, 2.75) is 361 Å². The maximum atomic E-state index is 12.9. The van der Waals surface area contributed by atoms with Crippen LogP contribution in [0.3, 0.4) is 0 Å². The van der Waals surface area contributed by atoms with Gasteiger partial charge >= 0.3 is 17.9 Å². The molecule has 0 spiro atoms. The van der Waals surface area contributed by atoms with E-state index < -0.39 is 6.10 Å². The standard InChI is InChI=1S/C69H126O6/c1-4-7-10-13-16-19-22-25-28-31-34-37-40-43-46-49-52-55-58-61-67(70)73-64-66(75-69(72)63-60-57-54-51-48-45-42-39-36-33-30-27-24-21-18-15-12-9-6-3)65-74-68(71)62-59-56-53-50-47-44-41-38-35-32-29-26-23-20-17-14-11-8-5-2/h7,10,16,19,25,28,34,37,66H,4-6,8-9,11-15,17-18,20-24,26-27,29-33,35-36,38-65H2,1-3H3/b10-7-,19-16-,28-25-,37-34-. The molecule has 1 atom stereocenters. The smallest absolute Gasteiger partial charge is 0.306 e. The van der Waals surface area contributed by atoms with Crippen LogP contribution in [0.5, 0.6) is 0 Å². The first kappa shape index (κ1) is 72.4. The van der Waals surface area contributed by atoms with E-state index >= 15 is 0 Å². The number of hydrogen-bond acceptors (Lipinski definition) is 6. The van der Waals surface area contributed by atoms with Gasteiger partial charge in [0.15, 0.2) is 6.10 Å². The number of rotatable bonds is 61. The predicted molar refractivity (Wildman–Crippen MR) is 325 cm³/mol. The summed E-state index contributed by atoms with van der Waals surface area (Å²) in [7, 11) is 0. The fourth-order valence-corrected chi connectivity index (χ4v) is 9.91. The van der Waals surface area contributed by atoms with Crippen LogP contribution in [0.2, 0.25) is 0 Å². The van der Waals surface area contributed by atoms with Crippen molar-refractivity contribution in [1.29, 1.82) is 0 Å². The minimum atomic E-state index is -0.777. The van der Waals surface area contributed by atoms with Gasteiger partial charge in [-0.2, -0.15) is 0 Å². The van der Waals surface area contributed by atoms with Crippen LogP contribution < -0.4 is 0 Å². The quantitative estimate of drug-likeness (QED) is 0.0261. The first-order chi connectivity index (χ1) is 37.0. The number of esters is 3. The van der Waals surface area contributed by atoms with E-state index in [1.807, 2.05) is 0 Å². The first-order valence-electron chi connectivity index (χ1n) is 33.1. The fraction of sp³-hybridized carbons (Fsp3) is 0.841. The first-order valence-corrected chi connectivity index (χ1v) is 33.1. The molecule has 1 unspecified atom stereocenters. The van der Waals surface area contributed by atoms with Crippen LogP contribution in [-0.4, -0.2) is 37.2 Å². The maximum absolute atomic E-state index is 12.9. The van der Waals surface area contributed by atoms with Crippen molar-refractivity contribution in [3.8, 4) is 0 Å². The molecule has 6 heteroatoms. The Bertz CT molecular complexity index is 1300. The van der Waals surface area contributed by atoms with Gasteiger partial charge in [-0.15, -0.1) is 0 Å². The van der Waals surface area contributed by atoms with Gasteiger partial charge in [0.2, 0.25) is 0 Å². The van der Waals surface area contributed by atoms with Crippen molar-refractivity contribution >= 4 is 17.9 Å². The van der Waals surface area contributed by atoms with E-state index in [0.717, 1.165) is 89.9 Å². The lowest BCUT2D eigenvalue weighted by Crippen LogP contribution is -2.30. The molecule has 0 N–H and O–H groups in total. The summed E-state index contributed by atoms with van der Waals surface area (Å²) in [5.74, 6) is -0.860. The number of carbonyl (C=O) groups is 3. The van der Waals surface area contributed by atoms with Crippen LogP contribution in [0.4, 0.5) is 0 Å². The second kappa shape index (κ2) is 63.9. The van der Waals surface area contributed by atoms with Crippen molar-refractivity contribution in [2.75, 3.05) is 13.2 Å². The van der Waals surface area contributed by atoms with Gasteiger partial charge in [0, 0.05) is 19.3 Å².